The average molecular weight is 434 g/mol. The molecule has 0 unspecified atom stereocenters. The molecule has 0 spiro atoms. The summed E-state index contributed by atoms with van der Waals surface area (Å²) < 4.78 is 10.9. The number of phenols is 1. The van der Waals surface area contributed by atoms with Crippen LogP contribution in [0.1, 0.15) is 19.3 Å². The topological polar surface area (TPSA) is 88.1 Å². The van der Waals surface area contributed by atoms with Gasteiger partial charge >= 0.3 is 0 Å². The summed E-state index contributed by atoms with van der Waals surface area (Å²) in [6, 6.07) is 17.9. The van der Waals surface area contributed by atoms with E-state index in [1.165, 1.54) is 0 Å². The van der Waals surface area contributed by atoms with Crippen LogP contribution in [0.4, 0.5) is 5.69 Å². The fourth-order valence-electron chi connectivity index (χ4n) is 3.69. The maximum Gasteiger partial charge on any atom is 0.260 e. The van der Waals surface area contributed by atoms with E-state index in [4.69, 9.17) is 9.47 Å². The first kappa shape index (κ1) is 21.5. The summed E-state index contributed by atoms with van der Waals surface area (Å²) in [5, 5.41) is 14.4. The zero-order valence-corrected chi connectivity index (χ0v) is 17.9. The largest absolute Gasteiger partial charge is 0.507 e. The Bertz CT molecular complexity index is 1130. The highest BCUT2D eigenvalue weighted by molar-refractivity contribution is 6.04. The van der Waals surface area contributed by atoms with E-state index >= 15 is 0 Å². The minimum Gasteiger partial charge on any atom is -0.507 e. The number of para-hydroxylation sites is 2. The molecule has 3 aromatic carbocycles. The fourth-order valence-corrected chi connectivity index (χ4v) is 3.69. The number of fused-ring (bicyclic) bond motifs is 1. The van der Waals surface area contributed by atoms with E-state index in [1.807, 2.05) is 18.2 Å². The number of hydrogen-bond donors (Lipinski definition) is 2. The summed E-state index contributed by atoms with van der Waals surface area (Å²) in [5.41, 5.74) is 0.632. The minimum absolute atomic E-state index is 0.110. The predicted molar refractivity (Wildman–Crippen MR) is 122 cm³/mol. The number of aromatic hydroxyl groups is 1. The van der Waals surface area contributed by atoms with Crippen molar-refractivity contribution >= 4 is 28.3 Å². The Kier molecular flexibility index (Phi) is 6.44. The molecule has 0 aromatic heterocycles. The summed E-state index contributed by atoms with van der Waals surface area (Å²) >= 11 is 0. The van der Waals surface area contributed by atoms with Gasteiger partial charge in [0.2, 0.25) is 5.91 Å². The zero-order chi connectivity index (χ0) is 22.5. The van der Waals surface area contributed by atoms with Crippen molar-refractivity contribution in [1.82, 2.24) is 4.90 Å². The number of carbonyl (C=O) groups excluding carboxylic acids is 2. The zero-order valence-electron chi connectivity index (χ0n) is 17.9. The number of nitrogens with zero attached hydrogens (tertiary/aromatic N) is 1. The molecule has 0 saturated heterocycles. The Balaban J connectivity index is 1.35. The molecule has 7 heteroatoms. The summed E-state index contributed by atoms with van der Waals surface area (Å²) in [7, 11) is 1.55. The third kappa shape index (κ3) is 4.94. The number of nitrogens with one attached hydrogen (secondary N) is 1. The summed E-state index contributed by atoms with van der Waals surface area (Å²) in [5.74, 6) is 0.903. The van der Waals surface area contributed by atoms with Gasteiger partial charge in [0.15, 0.2) is 18.1 Å². The molecule has 0 heterocycles. The lowest BCUT2D eigenvalue weighted by molar-refractivity contribution is -0.134. The summed E-state index contributed by atoms with van der Waals surface area (Å²) in [4.78, 5) is 27.1. The molecule has 1 saturated carbocycles. The van der Waals surface area contributed by atoms with Crippen molar-refractivity contribution in [3.63, 3.8) is 0 Å². The minimum atomic E-state index is -0.190. The van der Waals surface area contributed by atoms with Gasteiger partial charge in [-0.3, -0.25) is 9.59 Å². The molecule has 1 aliphatic rings. The molecule has 7 nitrogen and oxygen atoms in total. The second-order valence-electron chi connectivity index (χ2n) is 7.73. The van der Waals surface area contributed by atoms with Crippen LogP contribution in [0.5, 0.6) is 17.2 Å². The lowest BCUT2D eigenvalue weighted by Gasteiger charge is -2.22. The second kappa shape index (κ2) is 9.60. The first-order valence-electron chi connectivity index (χ1n) is 10.6. The molecule has 0 radical (unpaired) electrons. The number of amides is 2. The first-order valence-corrected chi connectivity index (χ1v) is 10.6. The smallest absolute Gasteiger partial charge is 0.260 e. The monoisotopic (exact) mass is 434 g/mol. The molecule has 2 N–H and O–H groups in total. The number of rotatable bonds is 9. The van der Waals surface area contributed by atoms with Crippen LogP contribution in [-0.4, -0.2) is 48.1 Å². The number of benzene rings is 3. The molecular formula is C25H26N2O5. The van der Waals surface area contributed by atoms with Crippen LogP contribution in [0.2, 0.25) is 0 Å². The molecule has 2 amide bonds. The van der Waals surface area contributed by atoms with Crippen LogP contribution in [0.15, 0.2) is 60.7 Å². The van der Waals surface area contributed by atoms with E-state index in [2.05, 4.69) is 5.32 Å². The number of anilines is 1. The Morgan fingerprint density at radius 3 is 2.47 bits per heavy atom. The first-order chi connectivity index (χ1) is 15.6. The second-order valence-corrected chi connectivity index (χ2v) is 7.73. The Morgan fingerprint density at radius 2 is 1.72 bits per heavy atom. The van der Waals surface area contributed by atoms with E-state index in [1.54, 1.807) is 54.5 Å². The fraction of sp³-hybridized carbons (Fsp3) is 0.280. The van der Waals surface area contributed by atoms with Crippen molar-refractivity contribution in [3.8, 4) is 17.2 Å². The third-order valence-corrected chi connectivity index (χ3v) is 5.48. The highest BCUT2D eigenvalue weighted by Gasteiger charge is 2.33. The van der Waals surface area contributed by atoms with Crippen LogP contribution >= 0.6 is 0 Å². The molecule has 3 aromatic rings. The molecule has 166 valence electrons. The number of hydrogen-bond acceptors (Lipinski definition) is 5. The summed E-state index contributed by atoms with van der Waals surface area (Å²) in [6.45, 7) is 0.210. The van der Waals surface area contributed by atoms with Crippen LogP contribution in [0.25, 0.3) is 10.8 Å². The van der Waals surface area contributed by atoms with Gasteiger partial charge in [0.05, 0.1) is 7.11 Å². The molecule has 0 atom stereocenters. The Labute approximate surface area is 186 Å². The van der Waals surface area contributed by atoms with E-state index in [-0.39, 0.29) is 36.6 Å². The Hall–Kier alpha value is -3.74. The molecular weight excluding hydrogens is 408 g/mol. The lowest BCUT2D eigenvalue weighted by atomic mass is 10.1. The van der Waals surface area contributed by atoms with Gasteiger partial charge in [0.1, 0.15) is 5.75 Å². The SMILES string of the molecule is COc1ccccc1OCC(=O)N(CCC(=O)Nc1cccc2c(O)cccc12)C1CC1. The maximum absolute atomic E-state index is 12.8. The van der Waals surface area contributed by atoms with Gasteiger partial charge in [-0.1, -0.05) is 36.4 Å². The van der Waals surface area contributed by atoms with E-state index in [0.29, 0.717) is 29.1 Å². The third-order valence-electron chi connectivity index (χ3n) is 5.48. The van der Waals surface area contributed by atoms with Crippen LogP contribution in [0, 0.1) is 0 Å². The van der Waals surface area contributed by atoms with Gasteiger partial charge in [-0.25, -0.2) is 0 Å². The van der Waals surface area contributed by atoms with Gasteiger partial charge < -0.3 is 24.8 Å². The number of methoxy groups -OCH3 is 1. The van der Waals surface area contributed by atoms with Crippen molar-refractivity contribution in [2.45, 2.75) is 25.3 Å². The quantitative estimate of drug-likeness (QED) is 0.532. The van der Waals surface area contributed by atoms with Crippen LogP contribution in [-0.2, 0) is 9.59 Å². The van der Waals surface area contributed by atoms with Crippen molar-refractivity contribution < 1.29 is 24.2 Å². The molecule has 4 rings (SSSR count). The highest BCUT2D eigenvalue weighted by Crippen LogP contribution is 2.31. The Morgan fingerprint density at radius 1 is 1.00 bits per heavy atom. The number of ether oxygens (including phenoxy) is 2. The van der Waals surface area contributed by atoms with E-state index in [0.717, 1.165) is 18.2 Å². The van der Waals surface area contributed by atoms with Crippen molar-refractivity contribution in [3.05, 3.63) is 60.7 Å². The average Bonchev–Trinajstić information content (AvgIpc) is 3.64. The molecule has 1 aliphatic carbocycles. The van der Waals surface area contributed by atoms with Gasteiger partial charge in [-0.2, -0.15) is 0 Å². The lowest BCUT2D eigenvalue weighted by Crippen LogP contribution is -2.38. The summed E-state index contributed by atoms with van der Waals surface area (Å²) in [6.07, 6.45) is 2.04. The van der Waals surface area contributed by atoms with Crippen LogP contribution < -0.4 is 14.8 Å². The van der Waals surface area contributed by atoms with Gasteiger partial charge in [-0.05, 0) is 37.1 Å². The molecule has 0 aliphatic heterocycles. The number of phenolic OH excluding ortho intramolecular Hbond substituents is 1. The van der Waals surface area contributed by atoms with Gasteiger partial charge in [-0.15, -0.1) is 0 Å². The number of carbonyl (C=O) groups is 2. The van der Waals surface area contributed by atoms with Crippen LogP contribution in [0.3, 0.4) is 0 Å². The maximum atomic E-state index is 12.8. The predicted octanol–water partition coefficient (Wildman–Crippen LogP) is 3.95. The van der Waals surface area contributed by atoms with Crippen molar-refractivity contribution in [1.29, 1.82) is 0 Å². The molecule has 32 heavy (non-hydrogen) atoms. The van der Waals surface area contributed by atoms with E-state index in [9.17, 15) is 14.7 Å². The standard InChI is InChI=1S/C25H26N2O5/c1-31-22-10-2-3-11-23(22)32-16-25(30)27(17-12-13-17)15-14-24(29)26-20-8-4-7-19-18(20)6-5-9-21(19)28/h2-11,17,28H,12-16H2,1H3,(H,26,29). The van der Waals surface area contributed by atoms with Gasteiger partial charge in [0.25, 0.3) is 5.91 Å². The normalized spacial score (nSPS) is 12.9. The molecule has 0 bridgehead atoms. The van der Waals surface area contributed by atoms with E-state index < -0.39 is 0 Å². The van der Waals surface area contributed by atoms with Crippen molar-refractivity contribution in [2.75, 3.05) is 25.6 Å². The molecule has 1 fully saturated rings. The van der Waals surface area contributed by atoms with Crippen molar-refractivity contribution in [2.24, 2.45) is 0 Å². The van der Waals surface area contributed by atoms with Gasteiger partial charge in [0, 0.05) is 35.5 Å². The highest BCUT2D eigenvalue weighted by atomic mass is 16.5.